The molecular formula is C14H17N3O. The second-order valence-electron chi connectivity index (χ2n) is 4.82. The third-order valence-electron chi connectivity index (χ3n) is 3.51. The molecule has 0 aliphatic carbocycles. The number of hydrogen-bond acceptors (Lipinski definition) is 4. The molecule has 0 atom stereocenters. The van der Waals surface area contributed by atoms with E-state index >= 15 is 0 Å². The first-order valence-corrected chi connectivity index (χ1v) is 6.27. The Morgan fingerprint density at radius 3 is 2.89 bits per heavy atom. The number of piperidine rings is 1. The third kappa shape index (κ3) is 3.14. The van der Waals surface area contributed by atoms with Crippen molar-refractivity contribution in [3.05, 3.63) is 29.6 Å². The number of nitriles is 1. The highest BCUT2D eigenvalue weighted by Gasteiger charge is 2.22. The van der Waals surface area contributed by atoms with Crippen molar-refractivity contribution in [3.63, 3.8) is 0 Å². The standard InChI is InChI=1S/C14H17N3O/c1-11(18)13-3-6-17(7-4-13)10-12-2-5-16-14(8-12)9-15/h2,5,8,13H,3-4,6-7,10H2,1H3. The molecule has 0 unspecified atom stereocenters. The molecule has 1 aliphatic heterocycles. The molecule has 4 nitrogen and oxygen atoms in total. The van der Waals surface area contributed by atoms with Gasteiger partial charge in [0.25, 0.3) is 0 Å². The van der Waals surface area contributed by atoms with Crippen LogP contribution in [-0.4, -0.2) is 28.8 Å². The van der Waals surface area contributed by atoms with Crippen molar-refractivity contribution >= 4 is 5.78 Å². The lowest BCUT2D eigenvalue weighted by Crippen LogP contribution is -2.35. The fourth-order valence-electron chi connectivity index (χ4n) is 2.39. The van der Waals surface area contributed by atoms with Crippen molar-refractivity contribution in [1.82, 2.24) is 9.88 Å². The Morgan fingerprint density at radius 2 is 2.28 bits per heavy atom. The van der Waals surface area contributed by atoms with Crippen LogP contribution in [0.4, 0.5) is 0 Å². The zero-order valence-electron chi connectivity index (χ0n) is 10.6. The van der Waals surface area contributed by atoms with E-state index in [0.29, 0.717) is 11.5 Å². The molecule has 1 saturated heterocycles. The van der Waals surface area contributed by atoms with Crippen molar-refractivity contribution in [3.8, 4) is 6.07 Å². The zero-order valence-corrected chi connectivity index (χ0v) is 10.6. The molecule has 0 saturated carbocycles. The van der Waals surface area contributed by atoms with Gasteiger partial charge in [0.15, 0.2) is 0 Å². The summed E-state index contributed by atoms with van der Waals surface area (Å²) in [7, 11) is 0. The van der Waals surface area contributed by atoms with Gasteiger partial charge in [-0.15, -0.1) is 0 Å². The average Bonchev–Trinajstić information content (AvgIpc) is 2.39. The van der Waals surface area contributed by atoms with Gasteiger partial charge in [-0.25, -0.2) is 4.98 Å². The van der Waals surface area contributed by atoms with Crippen LogP contribution < -0.4 is 0 Å². The monoisotopic (exact) mass is 243 g/mol. The summed E-state index contributed by atoms with van der Waals surface area (Å²) in [5.41, 5.74) is 1.58. The Balaban J connectivity index is 1.91. The van der Waals surface area contributed by atoms with Crippen molar-refractivity contribution in [2.45, 2.75) is 26.3 Å². The molecule has 2 heterocycles. The van der Waals surface area contributed by atoms with Crippen LogP contribution in [0.1, 0.15) is 31.0 Å². The summed E-state index contributed by atoms with van der Waals surface area (Å²) in [6.45, 7) is 4.42. The maximum Gasteiger partial charge on any atom is 0.140 e. The van der Waals surface area contributed by atoms with E-state index in [2.05, 4.69) is 16.0 Å². The van der Waals surface area contributed by atoms with Crippen LogP contribution in [0.15, 0.2) is 18.3 Å². The first kappa shape index (κ1) is 12.7. The minimum Gasteiger partial charge on any atom is -0.300 e. The highest BCUT2D eigenvalue weighted by molar-refractivity contribution is 5.78. The summed E-state index contributed by atoms with van der Waals surface area (Å²) in [6.07, 6.45) is 3.58. The van der Waals surface area contributed by atoms with Gasteiger partial charge in [-0.2, -0.15) is 5.26 Å². The minimum absolute atomic E-state index is 0.244. The Hall–Kier alpha value is -1.73. The Morgan fingerprint density at radius 1 is 1.56 bits per heavy atom. The molecular weight excluding hydrogens is 226 g/mol. The predicted octanol–water partition coefficient (Wildman–Crippen LogP) is 1.75. The topological polar surface area (TPSA) is 57.0 Å². The van der Waals surface area contributed by atoms with Gasteiger partial charge in [-0.05, 0) is 50.6 Å². The Labute approximate surface area is 107 Å². The maximum absolute atomic E-state index is 11.3. The molecule has 1 aromatic heterocycles. The van der Waals surface area contributed by atoms with Gasteiger partial charge in [0, 0.05) is 18.7 Å². The van der Waals surface area contributed by atoms with E-state index in [1.807, 2.05) is 12.1 Å². The first-order valence-electron chi connectivity index (χ1n) is 6.27. The zero-order chi connectivity index (χ0) is 13.0. The number of likely N-dealkylation sites (tertiary alicyclic amines) is 1. The molecule has 18 heavy (non-hydrogen) atoms. The summed E-state index contributed by atoms with van der Waals surface area (Å²) in [5.74, 6) is 0.554. The van der Waals surface area contributed by atoms with Crippen molar-refractivity contribution in [2.75, 3.05) is 13.1 Å². The summed E-state index contributed by atoms with van der Waals surface area (Å²) in [5, 5.41) is 8.80. The number of hydrogen-bond donors (Lipinski definition) is 0. The van der Waals surface area contributed by atoms with Gasteiger partial charge in [0.1, 0.15) is 17.5 Å². The summed E-state index contributed by atoms with van der Waals surface area (Å²) >= 11 is 0. The van der Waals surface area contributed by atoms with E-state index in [9.17, 15) is 4.79 Å². The molecule has 0 aromatic carbocycles. The average molecular weight is 243 g/mol. The van der Waals surface area contributed by atoms with E-state index in [4.69, 9.17) is 5.26 Å². The van der Waals surface area contributed by atoms with Gasteiger partial charge in [-0.3, -0.25) is 9.69 Å². The summed E-state index contributed by atoms with van der Waals surface area (Å²) in [4.78, 5) is 17.6. The molecule has 0 radical (unpaired) electrons. The lowest BCUT2D eigenvalue weighted by molar-refractivity contribution is -0.122. The number of nitrogens with zero attached hydrogens (tertiary/aromatic N) is 3. The largest absolute Gasteiger partial charge is 0.300 e. The van der Waals surface area contributed by atoms with Gasteiger partial charge in [-0.1, -0.05) is 0 Å². The van der Waals surface area contributed by atoms with Gasteiger partial charge in [0.05, 0.1) is 0 Å². The summed E-state index contributed by atoms with van der Waals surface area (Å²) in [6, 6.07) is 5.83. The van der Waals surface area contributed by atoms with Gasteiger partial charge >= 0.3 is 0 Å². The summed E-state index contributed by atoms with van der Waals surface area (Å²) < 4.78 is 0. The van der Waals surface area contributed by atoms with E-state index in [0.717, 1.165) is 38.0 Å². The number of carbonyl (C=O) groups excluding carboxylic acids is 1. The quantitative estimate of drug-likeness (QED) is 0.811. The fraction of sp³-hybridized carbons (Fsp3) is 0.500. The highest BCUT2D eigenvalue weighted by atomic mass is 16.1. The number of Topliss-reactive ketones (excluding diaryl/α,β-unsaturated/α-hetero) is 1. The molecule has 4 heteroatoms. The molecule has 0 spiro atoms. The van der Waals surface area contributed by atoms with Crippen LogP contribution in [0.5, 0.6) is 0 Å². The van der Waals surface area contributed by atoms with Crippen molar-refractivity contribution in [1.29, 1.82) is 5.26 Å². The number of pyridine rings is 1. The normalized spacial score (nSPS) is 17.3. The fourth-order valence-corrected chi connectivity index (χ4v) is 2.39. The van der Waals surface area contributed by atoms with E-state index in [1.54, 1.807) is 13.1 Å². The van der Waals surface area contributed by atoms with Crippen LogP contribution >= 0.6 is 0 Å². The number of rotatable bonds is 3. The lowest BCUT2D eigenvalue weighted by atomic mass is 9.93. The van der Waals surface area contributed by atoms with Gasteiger partial charge in [0.2, 0.25) is 0 Å². The van der Waals surface area contributed by atoms with Crippen LogP contribution in [0.25, 0.3) is 0 Å². The third-order valence-corrected chi connectivity index (χ3v) is 3.51. The molecule has 1 aromatic rings. The maximum atomic E-state index is 11.3. The van der Waals surface area contributed by atoms with Crippen LogP contribution in [0, 0.1) is 17.2 Å². The van der Waals surface area contributed by atoms with Crippen molar-refractivity contribution in [2.24, 2.45) is 5.92 Å². The smallest absolute Gasteiger partial charge is 0.140 e. The number of carbonyl (C=O) groups is 1. The van der Waals surface area contributed by atoms with Crippen LogP contribution in [0.3, 0.4) is 0 Å². The van der Waals surface area contributed by atoms with Gasteiger partial charge < -0.3 is 0 Å². The molecule has 0 bridgehead atoms. The first-order chi connectivity index (χ1) is 8.69. The number of ketones is 1. The number of aromatic nitrogens is 1. The molecule has 1 aliphatic rings. The van der Waals surface area contributed by atoms with Crippen molar-refractivity contribution < 1.29 is 4.79 Å². The minimum atomic E-state index is 0.244. The highest BCUT2D eigenvalue weighted by Crippen LogP contribution is 2.19. The molecule has 0 amide bonds. The van der Waals surface area contributed by atoms with Crippen LogP contribution in [0.2, 0.25) is 0 Å². The molecule has 1 fully saturated rings. The van der Waals surface area contributed by atoms with E-state index in [1.165, 1.54) is 0 Å². The predicted molar refractivity (Wildman–Crippen MR) is 67.6 cm³/mol. The molecule has 0 N–H and O–H groups in total. The molecule has 2 rings (SSSR count). The van der Waals surface area contributed by atoms with Crippen LogP contribution in [-0.2, 0) is 11.3 Å². The molecule has 94 valence electrons. The second-order valence-corrected chi connectivity index (χ2v) is 4.82. The Bertz CT molecular complexity index is 470. The Kier molecular flexibility index (Phi) is 4.06. The second kappa shape index (κ2) is 5.74. The SMILES string of the molecule is CC(=O)C1CCN(Cc2ccnc(C#N)c2)CC1. The lowest BCUT2D eigenvalue weighted by Gasteiger charge is -2.30. The van der Waals surface area contributed by atoms with E-state index in [-0.39, 0.29) is 5.92 Å². The van der Waals surface area contributed by atoms with E-state index < -0.39 is 0 Å².